The van der Waals surface area contributed by atoms with Gasteiger partial charge in [-0.25, -0.2) is 8.78 Å². The fourth-order valence-electron chi connectivity index (χ4n) is 1.72. The van der Waals surface area contributed by atoms with Crippen LogP contribution in [0.3, 0.4) is 0 Å². The van der Waals surface area contributed by atoms with Gasteiger partial charge in [0.1, 0.15) is 5.82 Å². The molecule has 0 aromatic heterocycles. The zero-order valence-electron chi connectivity index (χ0n) is 11.9. The SMILES string of the molecule is COc1ccc(/C=N\Nc2ccc(F)cc2F)cc1OC(F)F. The van der Waals surface area contributed by atoms with Gasteiger partial charge in [-0.1, -0.05) is 0 Å². The number of nitrogens with one attached hydrogen (secondary N) is 1. The maximum atomic E-state index is 13.4. The van der Waals surface area contributed by atoms with Crippen LogP contribution < -0.4 is 14.9 Å². The van der Waals surface area contributed by atoms with Crippen molar-refractivity contribution in [2.24, 2.45) is 5.10 Å². The van der Waals surface area contributed by atoms with Gasteiger partial charge in [0.2, 0.25) is 0 Å². The first-order valence-electron chi connectivity index (χ1n) is 6.36. The van der Waals surface area contributed by atoms with E-state index < -0.39 is 18.2 Å². The summed E-state index contributed by atoms with van der Waals surface area (Å²) in [6.45, 7) is -3.00. The molecule has 0 saturated carbocycles. The molecule has 0 amide bonds. The monoisotopic (exact) mass is 328 g/mol. The van der Waals surface area contributed by atoms with Crippen LogP contribution in [0.2, 0.25) is 0 Å². The van der Waals surface area contributed by atoms with E-state index in [1.54, 1.807) is 6.07 Å². The van der Waals surface area contributed by atoms with E-state index in [1.165, 1.54) is 31.5 Å². The van der Waals surface area contributed by atoms with E-state index in [2.05, 4.69) is 15.3 Å². The number of alkyl halides is 2. The molecule has 23 heavy (non-hydrogen) atoms. The highest BCUT2D eigenvalue weighted by Crippen LogP contribution is 2.29. The van der Waals surface area contributed by atoms with Crippen molar-refractivity contribution >= 4 is 11.9 Å². The number of anilines is 1. The lowest BCUT2D eigenvalue weighted by Gasteiger charge is -2.10. The molecule has 0 aliphatic carbocycles. The number of ether oxygens (including phenoxy) is 2. The lowest BCUT2D eigenvalue weighted by molar-refractivity contribution is -0.0512. The van der Waals surface area contributed by atoms with Crippen molar-refractivity contribution in [2.45, 2.75) is 6.61 Å². The second-order valence-corrected chi connectivity index (χ2v) is 4.28. The zero-order chi connectivity index (χ0) is 16.8. The molecule has 2 aromatic rings. The highest BCUT2D eigenvalue weighted by atomic mass is 19.3. The average Bonchev–Trinajstić information content (AvgIpc) is 2.49. The number of hydrogen-bond acceptors (Lipinski definition) is 4. The largest absolute Gasteiger partial charge is 0.493 e. The molecule has 1 N–H and O–H groups in total. The summed E-state index contributed by atoms with van der Waals surface area (Å²) in [5.74, 6) is -1.53. The number of methoxy groups -OCH3 is 1. The first kappa shape index (κ1) is 16.6. The summed E-state index contributed by atoms with van der Waals surface area (Å²) in [4.78, 5) is 0. The van der Waals surface area contributed by atoms with Crippen LogP contribution in [0.15, 0.2) is 41.5 Å². The van der Waals surface area contributed by atoms with Gasteiger partial charge in [-0.3, -0.25) is 5.43 Å². The van der Waals surface area contributed by atoms with E-state index in [0.717, 1.165) is 6.07 Å². The molecule has 2 rings (SSSR count). The Morgan fingerprint density at radius 2 is 1.87 bits per heavy atom. The Balaban J connectivity index is 2.12. The Kier molecular flexibility index (Phi) is 5.40. The average molecular weight is 328 g/mol. The zero-order valence-corrected chi connectivity index (χ0v) is 11.9. The van der Waals surface area contributed by atoms with Crippen LogP contribution in [-0.4, -0.2) is 19.9 Å². The van der Waals surface area contributed by atoms with E-state index in [-0.39, 0.29) is 17.2 Å². The van der Waals surface area contributed by atoms with E-state index in [4.69, 9.17) is 4.74 Å². The fourth-order valence-corrected chi connectivity index (χ4v) is 1.72. The quantitative estimate of drug-likeness (QED) is 0.495. The molecule has 0 aliphatic rings. The van der Waals surface area contributed by atoms with Gasteiger partial charge < -0.3 is 9.47 Å². The van der Waals surface area contributed by atoms with Crippen LogP contribution in [0.1, 0.15) is 5.56 Å². The van der Waals surface area contributed by atoms with Gasteiger partial charge in [-0.05, 0) is 35.9 Å². The normalized spacial score (nSPS) is 11.0. The Labute approximate surface area is 129 Å². The van der Waals surface area contributed by atoms with Crippen LogP contribution in [-0.2, 0) is 0 Å². The third-order valence-electron chi connectivity index (χ3n) is 2.73. The summed E-state index contributed by atoms with van der Waals surface area (Å²) in [6.07, 6.45) is 1.26. The highest BCUT2D eigenvalue weighted by Gasteiger charge is 2.10. The lowest BCUT2D eigenvalue weighted by atomic mass is 10.2. The second-order valence-electron chi connectivity index (χ2n) is 4.28. The lowest BCUT2D eigenvalue weighted by Crippen LogP contribution is -2.04. The van der Waals surface area contributed by atoms with Gasteiger partial charge in [0.05, 0.1) is 19.0 Å². The van der Waals surface area contributed by atoms with Crippen molar-refractivity contribution in [1.82, 2.24) is 0 Å². The number of benzene rings is 2. The Bertz CT molecular complexity index is 708. The molecule has 0 fully saturated rings. The molecule has 122 valence electrons. The van der Waals surface area contributed by atoms with Crippen molar-refractivity contribution in [3.63, 3.8) is 0 Å². The first-order chi connectivity index (χ1) is 11.0. The molecule has 0 bridgehead atoms. The predicted molar refractivity (Wildman–Crippen MR) is 77.2 cm³/mol. The minimum Gasteiger partial charge on any atom is -0.493 e. The molecule has 0 spiro atoms. The standard InChI is InChI=1S/C15H12F4N2O2/c1-22-13-5-2-9(6-14(13)23-15(18)19)8-20-21-12-4-3-10(16)7-11(12)17/h2-8,15,21H,1H3/b20-8-. The molecular formula is C15H12F4N2O2. The first-order valence-corrected chi connectivity index (χ1v) is 6.36. The molecule has 0 heterocycles. The van der Waals surface area contributed by atoms with Crippen molar-refractivity contribution < 1.29 is 27.0 Å². The molecule has 0 saturated heterocycles. The van der Waals surface area contributed by atoms with Crippen LogP contribution in [0, 0.1) is 11.6 Å². The molecule has 4 nitrogen and oxygen atoms in total. The Morgan fingerprint density at radius 3 is 2.52 bits per heavy atom. The number of nitrogens with zero attached hydrogens (tertiary/aromatic N) is 1. The number of rotatable bonds is 6. The third-order valence-corrected chi connectivity index (χ3v) is 2.73. The Morgan fingerprint density at radius 1 is 1.09 bits per heavy atom. The van der Waals surface area contributed by atoms with Gasteiger partial charge in [0, 0.05) is 6.07 Å². The number of hydrogen-bond donors (Lipinski definition) is 1. The fraction of sp³-hybridized carbons (Fsp3) is 0.133. The maximum absolute atomic E-state index is 13.4. The Hall–Kier alpha value is -2.77. The number of halogens is 4. The summed E-state index contributed by atoms with van der Waals surface area (Å²) in [5.41, 5.74) is 2.77. The maximum Gasteiger partial charge on any atom is 0.387 e. The van der Waals surface area contributed by atoms with Crippen molar-refractivity contribution in [3.05, 3.63) is 53.6 Å². The summed E-state index contributed by atoms with van der Waals surface area (Å²) in [6, 6.07) is 7.22. The smallest absolute Gasteiger partial charge is 0.387 e. The highest BCUT2D eigenvalue weighted by molar-refractivity contribution is 5.81. The van der Waals surface area contributed by atoms with Crippen molar-refractivity contribution in [3.8, 4) is 11.5 Å². The topological polar surface area (TPSA) is 42.8 Å². The van der Waals surface area contributed by atoms with Gasteiger partial charge in [0.25, 0.3) is 0 Å². The van der Waals surface area contributed by atoms with Crippen molar-refractivity contribution in [2.75, 3.05) is 12.5 Å². The molecule has 2 aromatic carbocycles. The van der Waals surface area contributed by atoms with E-state index >= 15 is 0 Å². The van der Waals surface area contributed by atoms with Crippen LogP contribution >= 0.6 is 0 Å². The predicted octanol–water partition coefficient (Wildman–Crippen LogP) is 4.02. The van der Waals surface area contributed by atoms with E-state index in [9.17, 15) is 17.6 Å². The second kappa shape index (κ2) is 7.48. The van der Waals surface area contributed by atoms with E-state index in [0.29, 0.717) is 11.6 Å². The molecule has 0 aliphatic heterocycles. The molecule has 0 unspecified atom stereocenters. The minimum absolute atomic E-state index is 0.0276. The van der Waals surface area contributed by atoms with Gasteiger partial charge in [-0.2, -0.15) is 13.9 Å². The van der Waals surface area contributed by atoms with E-state index in [1.807, 2.05) is 0 Å². The summed E-state index contributed by atoms with van der Waals surface area (Å²) >= 11 is 0. The summed E-state index contributed by atoms with van der Waals surface area (Å²) in [7, 11) is 1.32. The summed E-state index contributed by atoms with van der Waals surface area (Å²) in [5, 5.41) is 3.76. The van der Waals surface area contributed by atoms with Gasteiger partial charge >= 0.3 is 6.61 Å². The third kappa shape index (κ3) is 4.60. The van der Waals surface area contributed by atoms with Gasteiger partial charge in [-0.15, -0.1) is 0 Å². The number of hydrazone groups is 1. The van der Waals surface area contributed by atoms with Crippen LogP contribution in [0.5, 0.6) is 11.5 Å². The van der Waals surface area contributed by atoms with Crippen LogP contribution in [0.25, 0.3) is 0 Å². The molecule has 0 radical (unpaired) electrons. The van der Waals surface area contributed by atoms with Crippen LogP contribution in [0.4, 0.5) is 23.2 Å². The summed E-state index contributed by atoms with van der Waals surface area (Å²) < 4.78 is 60.0. The minimum atomic E-state index is -3.00. The molecule has 0 atom stereocenters. The van der Waals surface area contributed by atoms with Gasteiger partial charge in [0.15, 0.2) is 17.3 Å². The molecule has 8 heteroatoms. The van der Waals surface area contributed by atoms with Crippen molar-refractivity contribution in [1.29, 1.82) is 0 Å². The molecular weight excluding hydrogens is 316 g/mol.